The van der Waals surface area contributed by atoms with Crippen molar-refractivity contribution in [3.63, 3.8) is 0 Å². The summed E-state index contributed by atoms with van der Waals surface area (Å²) in [6.45, 7) is 2.39. The molecule has 0 radical (unpaired) electrons. The summed E-state index contributed by atoms with van der Waals surface area (Å²) in [6, 6.07) is 13.7. The van der Waals surface area contributed by atoms with Crippen molar-refractivity contribution in [1.82, 2.24) is 9.55 Å². The number of fused-ring (bicyclic) bond motifs is 1. The second kappa shape index (κ2) is 7.42. The number of halogens is 1. The van der Waals surface area contributed by atoms with Gasteiger partial charge >= 0.3 is 5.97 Å². The van der Waals surface area contributed by atoms with E-state index in [1.165, 1.54) is 11.0 Å². The molecule has 0 bridgehead atoms. The first-order valence-corrected chi connectivity index (χ1v) is 9.24. The van der Waals surface area contributed by atoms with Crippen molar-refractivity contribution >= 4 is 28.6 Å². The van der Waals surface area contributed by atoms with E-state index in [9.17, 15) is 14.0 Å². The molecule has 1 amide bonds. The Balaban J connectivity index is 1.70. The third-order valence-electron chi connectivity index (χ3n) is 4.91. The molecule has 1 unspecified atom stereocenters. The Morgan fingerprint density at radius 3 is 2.75 bits per heavy atom. The summed E-state index contributed by atoms with van der Waals surface area (Å²) in [4.78, 5) is 30.8. The number of hydrogen-bond acceptors (Lipinski definition) is 4. The van der Waals surface area contributed by atoms with Gasteiger partial charge in [0.05, 0.1) is 23.3 Å². The molecule has 1 atom stereocenters. The van der Waals surface area contributed by atoms with Gasteiger partial charge in [0.25, 0.3) is 0 Å². The van der Waals surface area contributed by atoms with E-state index in [1.54, 1.807) is 29.7 Å². The van der Waals surface area contributed by atoms with E-state index >= 15 is 0 Å². The van der Waals surface area contributed by atoms with E-state index in [0.717, 1.165) is 11.0 Å². The highest BCUT2D eigenvalue weighted by Gasteiger charge is 2.36. The number of carbonyl (C=O) groups excluding carboxylic acids is 2. The van der Waals surface area contributed by atoms with Crippen LogP contribution < -0.4 is 4.90 Å². The molecule has 2 aromatic carbocycles. The van der Waals surface area contributed by atoms with Gasteiger partial charge in [-0.3, -0.25) is 9.59 Å². The van der Waals surface area contributed by atoms with Crippen LogP contribution in [0, 0.1) is 5.82 Å². The second-order valence-corrected chi connectivity index (χ2v) is 6.71. The standard InChI is InChI=1S/C21H20FN3O3/c1-2-28-20(27)13-25-18-10-6-4-8-16(18)23-21(25)14-11-19(26)24(12-14)17-9-5-3-7-15(17)22/h3-10,14H,2,11-13H2,1H3. The highest BCUT2D eigenvalue weighted by Crippen LogP contribution is 2.34. The van der Waals surface area contributed by atoms with E-state index in [1.807, 2.05) is 24.3 Å². The van der Waals surface area contributed by atoms with Crippen LogP contribution >= 0.6 is 0 Å². The average molecular weight is 381 g/mol. The quantitative estimate of drug-likeness (QED) is 0.637. The minimum Gasteiger partial charge on any atom is -0.465 e. The fraction of sp³-hybridized carbons (Fsp3) is 0.286. The molecule has 0 spiro atoms. The zero-order valence-electron chi connectivity index (χ0n) is 15.5. The van der Waals surface area contributed by atoms with E-state index in [2.05, 4.69) is 4.98 Å². The third kappa shape index (κ3) is 3.24. The first kappa shape index (κ1) is 18.2. The van der Waals surface area contributed by atoms with Crippen molar-refractivity contribution in [2.45, 2.75) is 25.8 Å². The monoisotopic (exact) mass is 381 g/mol. The SMILES string of the molecule is CCOC(=O)Cn1c(C2CC(=O)N(c3ccccc3F)C2)nc2ccccc21. The van der Waals surface area contributed by atoms with Crippen molar-refractivity contribution in [3.8, 4) is 0 Å². The van der Waals surface area contributed by atoms with Gasteiger partial charge in [0, 0.05) is 18.9 Å². The van der Waals surface area contributed by atoms with Crippen LogP contribution in [0.3, 0.4) is 0 Å². The maximum absolute atomic E-state index is 14.2. The topological polar surface area (TPSA) is 64.4 Å². The number of ether oxygens (including phenoxy) is 1. The number of esters is 1. The zero-order chi connectivity index (χ0) is 19.7. The normalized spacial score (nSPS) is 16.7. The van der Waals surface area contributed by atoms with Gasteiger partial charge in [-0.25, -0.2) is 9.37 Å². The van der Waals surface area contributed by atoms with Gasteiger partial charge in [0.2, 0.25) is 5.91 Å². The summed E-state index contributed by atoms with van der Waals surface area (Å²) in [5.74, 6) is -0.557. The molecule has 6 nitrogen and oxygen atoms in total. The van der Waals surface area contributed by atoms with Crippen LogP contribution in [0.5, 0.6) is 0 Å². The Labute approximate surface area is 161 Å². The van der Waals surface area contributed by atoms with E-state index in [-0.39, 0.29) is 36.4 Å². The fourth-order valence-electron chi connectivity index (χ4n) is 3.69. The number of imidazole rings is 1. The van der Waals surface area contributed by atoms with Gasteiger partial charge in [0.1, 0.15) is 18.2 Å². The molecule has 7 heteroatoms. The highest BCUT2D eigenvalue weighted by atomic mass is 19.1. The van der Waals surface area contributed by atoms with Crippen LogP contribution in [-0.2, 0) is 20.9 Å². The minimum absolute atomic E-state index is 0.0219. The van der Waals surface area contributed by atoms with Gasteiger partial charge in [-0.15, -0.1) is 0 Å². The predicted octanol–water partition coefficient (Wildman–Crippen LogP) is 3.26. The van der Waals surface area contributed by atoms with Gasteiger partial charge in [-0.2, -0.15) is 0 Å². The Morgan fingerprint density at radius 1 is 1.21 bits per heavy atom. The molecule has 144 valence electrons. The van der Waals surface area contributed by atoms with Crippen molar-refractivity contribution in [2.75, 3.05) is 18.1 Å². The number of carbonyl (C=O) groups is 2. The first-order chi connectivity index (χ1) is 13.6. The molecular formula is C21H20FN3O3. The van der Waals surface area contributed by atoms with Crippen LogP contribution in [0.25, 0.3) is 11.0 Å². The largest absolute Gasteiger partial charge is 0.465 e. The van der Waals surface area contributed by atoms with Gasteiger partial charge < -0.3 is 14.2 Å². The molecule has 3 aromatic rings. The lowest BCUT2D eigenvalue weighted by Gasteiger charge is -2.17. The van der Waals surface area contributed by atoms with Crippen LogP contribution in [0.4, 0.5) is 10.1 Å². The Morgan fingerprint density at radius 2 is 1.96 bits per heavy atom. The summed E-state index contributed by atoms with van der Waals surface area (Å²) >= 11 is 0. The highest BCUT2D eigenvalue weighted by molar-refractivity contribution is 5.96. The summed E-state index contributed by atoms with van der Waals surface area (Å²) < 4.78 is 21.1. The second-order valence-electron chi connectivity index (χ2n) is 6.71. The molecule has 1 aliphatic heterocycles. The number of aromatic nitrogens is 2. The first-order valence-electron chi connectivity index (χ1n) is 9.24. The van der Waals surface area contributed by atoms with Crippen LogP contribution in [-0.4, -0.2) is 34.6 Å². The maximum atomic E-state index is 14.2. The zero-order valence-corrected chi connectivity index (χ0v) is 15.5. The van der Waals surface area contributed by atoms with Crippen molar-refractivity contribution in [1.29, 1.82) is 0 Å². The lowest BCUT2D eigenvalue weighted by molar-refractivity contribution is -0.143. The molecule has 1 fully saturated rings. The average Bonchev–Trinajstić information content (AvgIpc) is 3.23. The number of hydrogen-bond donors (Lipinski definition) is 0. The predicted molar refractivity (Wildman–Crippen MR) is 102 cm³/mol. The number of benzene rings is 2. The third-order valence-corrected chi connectivity index (χ3v) is 4.91. The van der Waals surface area contributed by atoms with Crippen LogP contribution in [0.15, 0.2) is 48.5 Å². The molecule has 1 saturated heterocycles. The molecule has 0 N–H and O–H groups in total. The summed E-state index contributed by atoms with van der Waals surface area (Å²) in [7, 11) is 0. The van der Waals surface area contributed by atoms with Gasteiger partial charge in [0.15, 0.2) is 0 Å². The van der Waals surface area contributed by atoms with Crippen molar-refractivity contribution in [2.24, 2.45) is 0 Å². The van der Waals surface area contributed by atoms with Gasteiger partial charge in [-0.1, -0.05) is 24.3 Å². The van der Waals surface area contributed by atoms with E-state index < -0.39 is 5.82 Å². The summed E-state index contributed by atoms with van der Waals surface area (Å²) in [5, 5.41) is 0. The minimum atomic E-state index is -0.434. The molecule has 2 heterocycles. The van der Waals surface area contributed by atoms with Crippen molar-refractivity contribution in [3.05, 3.63) is 60.2 Å². The molecule has 1 aromatic heterocycles. The Kier molecular flexibility index (Phi) is 4.81. The maximum Gasteiger partial charge on any atom is 0.326 e. The van der Waals surface area contributed by atoms with Gasteiger partial charge in [-0.05, 0) is 31.2 Å². The molecular weight excluding hydrogens is 361 g/mol. The van der Waals surface area contributed by atoms with Crippen LogP contribution in [0.2, 0.25) is 0 Å². The molecule has 28 heavy (non-hydrogen) atoms. The molecule has 0 aliphatic carbocycles. The lowest BCUT2D eigenvalue weighted by Crippen LogP contribution is -2.25. The van der Waals surface area contributed by atoms with Crippen molar-refractivity contribution < 1.29 is 18.7 Å². The van der Waals surface area contributed by atoms with E-state index in [0.29, 0.717) is 19.0 Å². The Hall–Kier alpha value is -3.22. The number of rotatable bonds is 5. The number of para-hydroxylation sites is 3. The van der Waals surface area contributed by atoms with Crippen LogP contribution in [0.1, 0.15) is 25.1 Å². The number of anilines is 1. The van der Waals surface area contributed by atoms with E-state index in [4.69, 9.17) is 4.74 Å². The lowest BCUT2D eigenvalue weighted by atomic mass is 10.1. The smallest absolute Gasteiger partial charge is 0.326 e. The summed E-state index contributed by atoms with van der Waals surface area (Å²) in [5.41, 5.74) is 1.82. The fourth-order valence-corrected chi connectivity index (χ4v) is 3.69. The summed E-state index contributed by atoms with van der Waals surface area (Å²) in [6.07, 6.45) is 0.209. The molecule has 0 saturated carbocycles. The number of amides is 1. The molecule has 1 aliphatic rings. The molecule has 4 rings (SSSR count). The number of nitrogens with zero attached hydrogens (tertiary/aromatic N) is 3. The Bertz CT molecular complexity index is 1050.